The number of phenols is 2. The number of ketones is 1. The summed E-state index contributed by atoms with van der Waals surface area (Å²) in [5.41, 5.74) is -0.145. The number of carbonyl (C=O) groups excluding carboxylic acids is 2. The van der Waals surface area contributed by atoms with Gasteiger partial charge >= 0.3 is 5.97 Å². The van der Waals surface area contributed by atoms with Crippen LogP contribution in [0.3, 0.4) is 0 Å². The molecule has 1 aromatic rings. The van der Waals surface area contributed by atoms with Gasteiger partial charge in [0.15, 0.2) is 5.78 Å². The van der Waals surface area contributed by atoms with Gasteiger partial charge in [-0.25, -0.2) is 13.6 Å². The number of phenolic OH excluding ortho intramolecular Hbond substituents is 2. The molecule has 3 atom stereocenters. The molecule has 1 saturated carbocycles. The van der Waals surface area contributed by atoms with Crippen LogP contribution in [0, 0.1) is 11.8 Å². The van der Waals surface area contributed by atoms with E-state index in [0.717, 1.165) is 6.07 Å². The van der Waals surface area contributed by atoms with E-state index >= 15 is 0 Å². The van der Waals surface area contributed by atoms with E-state index in [9.17, 15) is 28.6 Å². The molecule has 0 spiro atoms. The molecule has 0 bridgehead atoms. The first-order valence-electron chi connectivity index (χ1n) is 8.21. The first-order valence-corrected chi connectivity index (χ1v) is 8.21. The number of esters is 1. The second kappa shape index (κ2) is 6.55. The summed E-state index contributed by atoms with van der Waals surface area (Å²) in [4.78, 5) is 24.5. The first-order chi connectivity index (χ1) is 12.2. The Balaban J connectivity index is 1.97. The van der Waals surface area contributed by atoms with Gasteiger partial charge in [-0.15, -0.1) is 0 Å². The van der Waals surface area contributed by atoms with Gasteiger partial charge < -0.3 is 14.9 Å². The third-order valence-corrected chi connectivity index (χ3v) is 4.62. The summed E-state index contributed by atoms with van der Waals surface area (Å²) in [6, 6.07) is 2.15. The fourth-order valence-electron chi connectivity index (χ4n) is 3.27. The van der Waals surface area contributed by atoms with E-state index < -0.39 is 41.4 Å². The predicted molar refractivity (Wildman–Crippen MR) is 88.2 cm³/mol. The first kappa shape index (κ1) is 18.1. The Morgan fingerprint density at radius 2 is 1.92 bits per heavy atom. The van der Waals surface area contributed by atoms with E-state index in [0.29, 0.717) is 0 Å². The Hall–Kier alpha value is -2.70. The highest BCUT2D eigenvalue weighted by atomic mass is 19.3. The van der Waals surface area contributed by atoms with Gasteiger partial charge in [-0.05, 0) is 31.1 Å². The number of hydrogen-bond acceptors (Lipinski definition) is 5. The summed E-state index contributed by atoms with van der Waals surface area (Å²) in [7, 11) is 0. The molecule has 1 aliphatic heterocycles. The molecule has 2 N–H and O–H groups in total. The van der Waals surface area contributed by atoms with Crippen LogP contribution in [0.15, 0.2) is 36.4 Å². The maximum atomic E-state index is 13.8. The standard InChI is InChI=1S/C19H18F2O5/c1-10-6-15-14(19(15,20)21)5-3-2-4-12(22)7-11-8-13(23)9-16(24)17(11)18(25)26-10/h2-5,8-10,14-15,23-24H,6-7H2,1H3/t10-,14-,15-/m1/s1. The number of aromatic hydroxyl groups is 2. The van der Waals surface area contributed by atoms with Gasteiger partial charge in [-0.1, -0.05) is 18.2 Å². The van der Waals surface area contributed by atoms with E-state index in [1.807, 2.05) is 0 Å². The smallest absolute Gasteiger partial charge is 0.342 e. The fraction of sp³-hybridized carbons (Fsp3) is 0.368. The highest BCUT2D eigenvalue weighted by molar-refractivity contribution is 5.98. The number of hydrogen-bond donors (Lipinski definition) is 2. The monoisotopic (exact) mass is 364 g/mol. The highest BCUT2D eigenvalue weighted by Gasteiger charge is 2.66. The number of alkyl halides is 2. The van der Waals surface area contributed by atoms with Gasteiger partial charge in [0, 0.05) is 18.4 Å². The van der Waals surface area contributed by atoms with Crippen molar-refractivity contribution in [2.75, 3.05) is 0 Å². The molecule has 1 aliphatic carbocycles. The van der Waals surface area contributed by atoms with Gasteiger partial charge in [-0.2, -0.15) is 0 Å². The largest absolute Gasteiger partial charge is 0.508 e. The Kier molecular flexibility index (Phi) is 4.56. The number of cyclic esters (lactones) is 1. The molecule has 2 aliphatic rings. The van der Waals surface area contributed by atoms with Crippen molar-refractivity contribution in [2.24, 2.45) is 11.8 Å². The van der Waals surface area contributed by atoms with E-state index in [1.165, 1.54) is 37.3 Å². The number of carbonyl (C=O) groups is 2. The molecule has 1 heterocycles. The summed E-state index contributed by atoms with van der Waals surface area (Å²) >= 11 is 0. The van der Waals surface area contributed by atoms with Crippen LogP contribution in [0.5, 0.6) is 11.5 Å². The van der Waals surface area contributed by atoms with Crippen molar-refractivity contribution in [1.82, 2.24) is 0 Å². The Bertz CT molecular complexity index is 812. The zero-order chi connectivity index (χ0) is 19.1. The molecule has 7 heteroatoms. The number of halogens is 2. The van der Waals surface area contributed by atoms with Crippen molar-refractivity contribution in [3.8, 4) is 11.5 Å². The number of rotatable bonds is 0. The Labute approximate surface area is 148 Å². The number of benzene rings is 1. The summed E-state index contributed by atoms with van der Waals surface area (Å²) < 4.78 is 32.9. The van der Waals surface area contributed by atoms with Gasteiger partial charge in [0.25, 0.3) is 5.92 Å². The van der Waals surface area contributed by atoms with E-state index in [4.69, 9.17) is 4.74 Å². The van der Waals surface area contributed by atoms with Crippen LogP contribution in [0.2, 0.25) is 0 Å². The quantitative estimate of drug-likeness (QED) is 0.691. The Morgan fingerprint density at radius 3 is 2.65 bits per heavy atom. The second-order valence-corrected chi connectivity index (χ2v) is 6.64. The number of fused-ring (bicyclic) bond motifs is 2. The SMILES string of the molecule is C[C@@H]1C[C@@H]2[C@@H](C=CC=CC(=O)Cc3cc(O)cc(O)c3C(=O)O1)C2(F)F. The maximum Gasteiger partial charge on any atom is 0.342 e. The van der Waals surface area contributed by atoms with Gasteiger partial charge in [0.1, 0.15) is 17.1 Å². The molecule has 0 unspecified atom stereocenters. The lowest BCUT2D eigenvalue weighted by Crippen LogP contribution is -2.19. The lowest BCUT2D eigenvalue weighted by atomic mass is 10.00. The van der Waals surface area contributed by atoms with Gasteiger partial charge in [0.05, 0.1) is 12.0 Å². The van der Waals surface area contributed by atoms with Gasteiger partial charge in [-0.3, -0.25) is 4.79 Å². The third-order valence-electron chi connectivity index (χ3n) is 4.62. The van der Waals surface area contributed by atoms with Crippen LogP contribution in [0.1, 0.15) is 29.3 Å². The number of allylic oxidation sites excluding steroid dienone is 4. The van der Waals surface area contributed by atoms with Crippen molar-refractivity contribution in [1.29, 1.82) is 0 Å². The minimum atomic E-state index is -2.87. The van der Waals surface area contributed by atoms with Crippen LogP contribution in [-0.2, 0) is 16.0 Å². The Morgan fingerprint density at radius 1 is 1.19 bits per heavy atom. The van der Waals surface area contributed by atoms with Crippen molar-refractivity contribution >= 4 is 11.8 Å². The molecular weight excluding hydrogens is 346 g/mol. The van der Waals surface area contributed by atoms with Crippen molar-refractivity contribution in [3.05, 3.63) is 47.6 Å². The maximum absolute atomic E-state index is 13.8. The molecule has 3 rings (SSSR count). The van der Waals surface area contributed by atoms with Crippen LogP contribution >= 0.6 is 0 Å². The summed E-state index contributed by atoms with van der Waals surface area (Å²) in [5, 5.41) is 19.6. The minimum absolute atomic E-state index is 0.0232. The average molecular weight is 364 g/mol. The van der Waals surface area contributed by atoms with Crippen LogP contribution < -0.4 is 0 Å². The molecule has 0 amide bonds. The summed E-state index contributed by atoms with van der Waals surface area (Å²) in [5.74, 6) is -6.95. The molecule has 0 radical (unpaired) electrons. The number of ether oxygens (including phenoxy) is 1. The molecular formula is C19H18F2O5. The van der Waals surface area contributed by atoms with E-state index in [-0.39, 0.29) is 29.7 Å². The zero-order valence-corrected chi connectivity index (χ0v) is 14.0. The molecule has 0 saturated heterocycles. The van der Waals surface area contributed by atoms with Crippen LogP contribution in [0.4, 0.5) is 8.78 Å². The zero-order valence-electron chi connectivity index (χ0n) is 14.0. The van der Waals surface area contributed by atoms with Crippen LogP contribution in [-0.4, -0.2) is 34.0 Å². The molecule has 26 heavy (non-hydrogen) atoms. The predicted octanol–water partition coefficient (Wildman–Crippen LogP) is 3.15. The second-order valence-electron chi connectivity index (χ2n) is 6.64. The fourth-order valence-corrected chi connectivity index (χ4v) is 3.27. The highest BCUT2D eigenvalue weighted by Crippen LogP contribution is 2.58. The van der Waals surface area contributed by atoms with E-state index in [2.05, 4.69) is 0 Å². The normalized spacial score (nSPS) is 27.9. The van der Waals surface area contributed by atoms with Crippen molar-refractivity contribution in [3.63, 3.8) is 0 Å². The summed E-state index contributed by atoms with van der Waals surface area (Å²) in [6.45, 7) is 1.50. The molecule has 0 aromatic heterocycles. The van der Waals surface area contributed by atoms with Crippen LogP contribution in [0.25, 0.3) is 0 Å². The third kappa shape index (κ3) is 3.47. The average Bonchev–Trinajstić information content (AvgIpc) is 3.01. The lowest BCUT2D eigenvalue weighted by Gasteiger charge is -2.16. The molecule has 138 valence electrons. The molecule has 1 aromatic carbocycles. The van der Waals surface area contributed by atoms with E-state index in [1.54, 1.807) is 0 Å². The summed E-state index contributed by atoms with van der Waals surface area (Å²) in [6.07, 6.45) is 4.23. The molecule has 5 nitrogen and oxygen atoms in total. The van der Waals surface area contributed by atoms with Gasteiger partial charge in [0.2, 0.25) is 0 Å². The molecule has 1 fully saturated rings. The van der Waals surface area contributed by atoms with Crippen molar-refractivity contribution < 1.29 is 33.3 Å². The topological polar surface area (TPSA) is 83.8 Å². The van der Waals surface area contributed by atoms with Crippen molar-refractivity contribution in [2.45, 2.75) is 31.8 Å². The lowest BCUT2D eigenvalue weighted by molar-refractivity contribution is -0.114. The minimum Gasteiger partial charge on any atom is -0.508 e.